The molecular weight excluding hydrogens is 510 g/mol. The first kappa shape index (κ1) is 23.4. The van der Waals surface area contributed by atoms with Crippen molar-refractivity contribution in [2.75, 3.05) is 66.7 Å². The molecule has 182 valence electrons. The summed E-state index contributed by atoms with van der Waals surface area (Å²) in [6, 6.07) is 5.98. The summed E-state index contributed by atoms with van der Waals surface area (Å²) in [7, 11) is 2.13. The summed E-state index contributed by atoms with van der Waals surface area (Å²) in [5.74, 6) is 2.00. The van der Waals surface area contributed by atoms with Gasteiger partial charge in [-0.3, -0.25) is 4.79 Å². The number of carbonyl (C=O) groups is 1. The van der Waals surface area contributed by atoms with Crippen molar-refractivity contribution >= 4 is 56.1 Å². The molecule has 1 unspecified atom stereocenters. The second kappa shape index (κ2) is 10.1. The van der Waals surface area contributed by atoms with Crippen LogP contribution in [-0.2, 0) is 4.79 Å². The highest BCUT2D eigenvalue weighted by Gasteiger charge is 2.27. The number of hydrogen-bond donors (Lipinski definition) is 2. The van der Waals surface area contributed by atoms with Crippen molar-refractivity contribution in [1.82, 2.24) is 24.8 Å². The number of piperazine rings is 1. The molecule has 2 aliphatic rings. The molecular formula is C24H28BrN9O. The van der Waals surface area contributed by atoms with Gasteiger partial charge >= 0.3 is 0 Å². The van der Waals surface area contributed by atoms with Crippen LogP contribution in [0.2, 0.25) is 0 Å². The van der Waals surface area contributed by atoms with Crippen LogP contribution in [0.1, 0.15) is 6.42 Å². The number of anilines is 4. The molecule has 2 aliphatic heterocycles. The van der Waals surface area contributed by atoms with E-state index < -0.39 is 0 Å². The van der Waals surface area contributed by atoms with Crippen molar-refractivity contribution < 1.29 is 4.79 Å². The second-order valence-electron chi connectivity index (χ2n) is 8.86. The molecule has 2 N–H and O–H groups in total. The van der Waals surface area contributed by atoms with E-state index in [1.165, 1.54) is 6.08 Å². The SMILES string of the molecule is C=CC(=O)Nc1ccc2c(N3CCC(Nc4ncc(Br)cn4)C3)nc(N3CCN(C)CC3)nc2c1. The molecule has 3 aromatic rings. The Kier molecular flexibility index (Phi) is 6.78. The lowest BCUT2D eigenvalue weighted by atomic mass is 10.2. The quantitative estimate of drug-likeness (QED) is 0.459. The van der Waals surface area contributed by atoms with E-state index in [2.05, 4.69) is 64.9 Å². The number of rotatable bonds is 6. The van der Waals surface area contributed by atoms with E-state index in [9.17, 15) is 4.79 Å². The van der Waals surface area contributed by atoms with Crippen LogP contribution < -0.4 is 20.4 Å². The van der Waals surface area contributed by atoms with Crippen molar-refractivity contribution in [1.29, 1.82) is 0 Å². The third-order valence-electron chi connectivity index (χ3n) is 6.35. The lowest BCUT2D eigenvalue weighted by Crippen LogP contribution is -2.45. The highest BCUT2D eigenvalue weighted by atomic mass is 79.9. The standard InChI is InChI=1S/C24H28BrN9O/c1-3-21(35)28-17-4-5-19-20(12-17)30-24(33-10-8-32(2)9-11-33)31-22(19)34-7-6-18(15-34)29-23-26-13-16(25)14-27-23/h3-5,12-14,18H,1,6-11,15H2,2H3,(H,28,35)(H,26,27,29). The number of hydrogen-bond acceptors (Lipinski definition) is 9. The molecule has 35 heavy (non-hydrogen) atoms. The van der Waals surface area contributed by atoms with Crippen molar-refractivity contribution in [3.8, 4) is 0 Å². The molecule has 11 heteroatoms. The molecule has 0 saturated carbocycles. The summed E-state index contributed by atoms with van der Waals surface area (Å²) < 4.78 is 0.851. The van der Waals surface area contributed by atoms with Gasteiger partial charge in [0.15, 0.2) is 0 Å². The summed E-state index contributed by atoms with van der Waals surface area (Å²) in [5, 5.41) is 7.23. The average Bonchev–Trinajstić information content (AvgIpc) is 3.33. The average molecular weight is 538 g/mol. The third kappa shape index (κ3) is 5.35. The number of nitrogens with one attached hydrogen (secondary N) is 2. The van der Waals surface area contributed by atoms with Crippen LogP contribution in [0.15, 0.2) is 47.7 Å². The van der Waals surface area contributed by atoms with Gasteiger partial charge < -0.3 is 25.3 Å². The van der Waals surface area contributed by atoms with Gasteiger partial charge in [0.2, 0.25) is 17.8 Å². The first-order valence-corrected chi connectivity index (χ1v) is 12.5. The molecule has 1 atom stereocenters. The summed E-state index contributed by atoms with van der Waals surface area (Å²) in [4.78, 5) is 37.3. The normalized spacial score (nSPS) is 18.6. The molecule has 1 aromatic carbocycles. The molecule has 0 aliphatic carbocycles. The first-order chi connectivity index (χ1) is 17.0. The third-order valence-corrected chi connectivity index (χ3v) is 6.75. The summed E-state index contributed by atoms with van der Waals surface area (Å²) >= 11 is 3.38. The van der Waals surface area contributed by atoms with Crippen LogP contribution in [0, 0.1) is 0 Å². The van der Waals surface area contributed by atoms with Gasteiger partial charge in [0.1, 0.15) is 5.82 Å². The summed E-state index contributed by atoms with van der Waals surface area (Å²) in [5.41, 5.74) is 1.49. The molecule has 0 spiro atoms. The van der Waals surface area contributed by atoms with Crippen LogP contribution in [0.3, 0.4) is 0 Å². The van der Waals surface area contributed by atoms with Gasteiger partial charge in [0, 0.05) is 68.8 Å². The topological polar surface area (TPSA) is 102 Å². The van der Waals surface area contributed by atoms with Gasteiger partial charge in [-0.25, -0.2) is 15.0 Å². The molecule has 10 nitrogen and oxygen atoms in total. The van der Waals surface area contributed by atoms with Crippen LogP contribution in [0.4, 0.5) is 23.4 Å². The number of nitrogens with zero attached hydrogens (tertiary/aromatic N) is 7. The van der Waals surface area contributed by atoms with Crippen LogP contribution >= 0.6 is 15.9 Å². The maximum atomic E-state index is 11.8. The number of aromatic nitrogens is 4. The Morgan fingerprint density at radius 1 is 1.11 bits per heavy atom. The van der Waals surface area contributed by atoms with Crippen molar-refractivity contribution in [3.63, 3.8) is 0 Å². The van der Waals surface area contributed by atoms with Gasteiger partial charge in [-0.2, -0.15) is 4.98 Å². The van der Waals surface area contributed by atoms with Gasteiger partial charge in [0.05, 0.1) is 9.99 Å². The number of halogens is 1. The minimum absolute atomic E-state index is 0.208. The maximum absolute atomic E-state index is 11.8. The fraction of sp³-hybridized carbons (Fsp3) is 0.375. The predicted octanol–water partition coefficient (Wildman–Crippen LogP) is 2.75. The largest absolute Gasteiger partial charge is 0.354 e. The number of benzene rings is 1. The van der Waals surface area contributed by atoms with Gasteiger partial charge in [0.25, 0.3) is 0 Å². The monoisotopic (exact) mass is 537 g/mol. The lowest BCUT2D eigenvalue weighted by Gasteiger charge is -2.33. The molecule has 5 rings (SSSR count). The highest BCUT2D eigenvalue weighted by molar-refractivity contribution is 9.10. The maximum Gasteiger partial charge on any atom is 0.247 e. The Bertz CT molecular complexity index is 1230. The molecule has 0 bridgehead atoms. The predicted molar refractivity (Wildman–Crippen MR) is 142 cm³/mol. The zero-order valence-corrected chi connectivity index (χ0v) is 21.2. The molecule has 2 saturated heterocycles. The Morgan fingerprint density at radius 3 is 2.63 bits per heavy atom. The summed E-state index contributed by atoms with van der Waals surface area (Å²) in [6.07, 6.45) is 5.69. The van der Waals surface area contributed by atoms with E-state index in [1.54, 1.807) is 12.4 Å². The molecule has 4 heterocycles. The van der Waals surface area contributed by atoms with Crippen LogP contribution in [-0.4, -0.2) is 83.1 Å². The van der Waals surface area contributed by atoms with Crippen LogP contribution in [0.25, 0.3) is 10.9 Å². The molecule has 2 fully saturated rings. The van der Waals surface area contributed by atoms with Crippen molar-refractivity contribution in [2.45, 2.75) is 12.5 Å². The Hall–Kier alpha value is -3.31. The zero-order valence-electron chi connectivity index (χ0n) is 19.6. The lowest BCUT2D eigenvalue weighted by molar-refractivity contribution is -0.111. The fourth-order valence-corrected chi connectivity index (χ4v) is 4.61. The second-order valence-corrected chi connectivity index (χ2v) is 9.78. The minimum Gasteiger partial charge on any atom is -0.354 e. The minimum atomic E-state index is -0.249. The van der Waals surface area contributed by atoms with Gasteiger partial charge in [-0.05, 0) is 53.7 Å². The van der Waals surface area contributed by atoms with E-state index in [-0.39, 0.29) is 11.9 Å². The Morgan fingerprint density at radius 2 is 1.89 bits per heavy atom. The number of fused-ring (bicyclic) bond motifs is 1. The van der Waals surface area contributed by atoms with Crippen LogP contribution in [0.5, 0.6) is 0 Å². The van der Waals surface area contributed by atoms with E-state index in [0.29, 0.717) is 11.6 Å². The Balaban J connectivity index is 1.44. The number of likely N-dealkylation sites (N-methyl/N-ethyl adjacent to an activating group) is 1. The van der Waals surface area contributed by atoms with E-state index in [4.69, 9.17) is 9.97 Å². The molecule has 1 amide bonds. The van der Waals surface area contributed by atoms with E-state index >= 15 is 0 Å². The van der Waals surface area contributed by atoms with Gasteiger partial charge in [-0.15, -0.1) is 0 Å². The molecule has 2 aromatic heterocycles. The van der Waals surface area contributed by atoms with E-state index in [0.717, 1.165) is 72.8 Å². The fourth-order valence-electron chi connectivity index (χ4n) is 4.40. The number of amides is 1. The van der Waals surface area contributed by atoms with E-state index in [1.807, 2.05) is 18.2 Å². The zero-order chi connectivity index (χ0) is 24.4. The highest BCUT2D eigenvalue weighted by Crippen LogP contribution is 2.31. The first-order valence-electron chi connectivity index (χ1n) is 11.7. The van der Waals surface area contributed by atoms with Gasteiger partial charge in [-0.1, -0.05) is 6.58 Å². The Labute approximate surface area is 212 Å². The smallest absolute Gasteiger partial charge is 0.247 e. The van der Waals surface area contributed by atoms with Crippen molar-refractivity contribution in [2.24, 2.45) is 0 Å². The summed E-state index contributed by atoms with van der Waals surface area (Å²) in [6.45, 7) is 8.86. The van der Waals surface area contributed by atoms with Crippen molar-refractivity contribution in [3.05, 3.63) is 47.7 Å². The molecule has 0 radical (unpaired) electrons. The number of carbonyl (C=O) groups excluding carboxylic acids is 1.